The molecule has 5 heterocycles. The van der Waals surface area contributed by atoms with Crippen LogP contribution in [0.3, 0.4) is 0 Å². The van der Waals surface area contributed by atoms with E-state index >= 15 is 0 Å². The molecule has 4 N–H and O–H groups in total. The number of aliphatic carboxylic acids is 2. The Morgan fingerprint density at radius 1 is 0.711 bits per heavy atom. The number of nitrogens with one attached hydrogen (secondary N) is 2. The van der Waals surface area contributed by atoms with Crippen LogP contribution < -0.4 is 0 Å². The van der Waals surface area contributed by atoms with Crippen LogP contribution >= 0.6 is 24.8 Å². The molecule has 0 saturated carbocycles. The van der Waals surface area contributed by atoms with Gasteiger partial charge in [-0.1, -0.05) is 25.3 Å². The normalized spacial score (nSPS) is 12.2. The maximum absolute atomic E-state index is 11.5. The van der Waals surface area contributed by atoms with E-state index in [0.29, 0.717) is 18.5 Å². The monoisotopic (exact) mass is 754 g/mol. The second-order valence-electron chi connectivity index (χ2n) is 10.7. The van der Waals surface area contributed by atoms with Crippen molar-refractivity contribution in [3.05, 3.63) is 88.5 Å². The molecule has 5 rings (SSSR count). The maximum atomic E-state index is 11.5. The van der Waals surface area contributed by atoms with Crippen molar-refractivity contribution in [1.29, 1.82) is 0 Å². The fourth-order valence-electron chi connectivity index (χ4n) is 5.77. The number of nitrogens with zero attached hydrogens (tertiary/aromatic N) is 2. The Morgan fingerprint density at radius 3 is 1.84 bits per heavy atom. The molecule has 45 heavy (non-hydrogen) atoms. The van der Waals surface area contributed by atoms with Gasteiger partial charge < -0.3 is 20.2 Å². The van der Waals surface area contributed by atoms with E-state index in [2.05, 4.69) is 23.1 Å². The molecule has 0 spiro atoms. The Labute approximate surface area is 291 Å². The fraction of sp³-hybridized carbons (Fsp3) is 0.235. The summed E-state index contributed by atoms with van der Waals surface area (Å²) in [7, 11) is 0. The van der Waals surface area contributed by atoms with Gasteiger partial charge in [0.1, 0.15) is 0 Å². The first-order chi connectivity index (χ1) is 20.0. The predicted octanol–water partition coefficient (Wildman–Crippen LogP) is 7.97. The minimum absolute atomic E-state index is 0. The zero-order valence-electron chi connectivity index (χ0n) is 25.6. The number of halogens is 2. The Balaban J connectivity index is 0.00000235. The number of hydrogen-bond donors (Lipinski definition) is 4. The first-order valence-electron chi connectivity index (χ1n) is 13.9. The van der Waals surface area contributed by atoms with Crippen LogP contribution in [0, 0.1) is 13.8 Å². The van der Waals surface area contributed by atoms with Crippen LogP contribution in [0.1, 0.15) is 78.1 Å². The van der Waals surface area contributed by atoms with Gasteiger partial charge in [-0.05, 0) is 98.2 Å². The molecule has 0 atom stereocenters. The van der Waals surface area contributed by atoms with Gasteiger partial charge in [-0.3, -0.25) is 9.59 Å². The standard InChI is InChI=1S/C34H34N4O4.2ClH.Sn/c1-7-21-17(3)25-13-26-19(5)23(9-11-33(39)40)31(37-26)16-32-24(10-12-34(41)42)20(6)28(38-32)15-30-22(8-2)18(4)27(36-30)14-29(21)35-25;;;/h7-8,13-16,36-37H,1-2,9-12H2,3-6H3,(H,39,40)(H,41,42);2*1H;. The predicted molar refractivity (Wildman–Crippen MR) is 189 cm³/mol. The van der Waals surface area contributed by atoms with Gasteiger partial charge in [0, 0.05) is 70.0 Å². The fourth-order valence-corrected chi connectivity index (χ4v) is 5.77. The van der Waals surface area contributed by atoms with E-state index in [1.807, 2.05) is 64.1 Å². The topological polar surface area (TPSA) is 132 Å². The van der Waals surface area contributed by atoms with Gasteiger partial charge in [0.05, 0.1) is 22.8 Å². The number of carboxylic acids is 2. The second kappa shape index (κ2) is 15.1. The molecule has 0 saturated heterocycles. The van der Waals surface area contributed by atoms with Crippen LogP contribution in [0.4, 0.5) is 0 Å². The molecule has 0 unspecified atom stereocenters. The van der Waals surface area contributed by atoms with E-state index in [1.165, 1.54) is 0 Å². The molecule has 0 aromatic carbocycles. The zero-order valence-corrected chi connectivity index (χ0v) is 30.1. The van der Waals surface area contributed by atoms with Crippen LogP contribution in [0.2, 0.25) is 0 Å². The molecule has 4 radical (unpaired) electrons. The van der Waals surface area contributed by atoms with Crippen molar-refractivity contribution in [1.82, 2.24) is 19.9 Å². The summed E-state index contributed by atoms with van der Waals surface area (Å²) in [6, 6.07) is 7.88. The van der Waals surface area contributed by atoms with Crippen molar-refractivity contribution < 1.29 is 19.8 Å². The molecule has 234 valence electrons. The average Bonchev–Trinajstić information content (AvgIpc) is 3.59. The van der Waals surface area contributed by atoms with Gasteiger partial charge >= 0.3 is 11.9 Å². The molecule has 3 aromatic heterocycles. The third-order valence-corrected chi connectivity index (χ3v) is 8.22. The van der Waals surface area contributed by atoms with E-state index < -0.39 is 11.9 Å². The smallest absolute Gasteiger partial charge is 0.303 e. The zero-order chi connectivity index (χ0) is 30.3. The van der Waals surface area contributed by atoms with Crippen molar-refractivity contribution in [3.63, 3.8) is 0 Å². The Hall–Kier alpha value is -3.60. The SMILES string of the molecule is C=CC1=C(C)c2cc3[nH]c(cc4nc(cc5[nH]c(cc1n2)c(C)c5C=C)C(C)=C4CCC(=O)O)c(CCC(=O)O)c3C.Cl.Cl.[Sn]. The van der Waals surface area contributed by atoms with Gasteiger partial charge in [-0.15, -0.1) is 24.8 Å². The summed E-state index contributed by atoms with van der Waals surface area (Å²) < 4.78 is 0. The first kappa shape index (κ1) is 37.6. The molecule has 11 heteroatoms. The Bertz CT molecular complexity index is 1940. The summed E-state index contributed by atoms with van der Waals surface area (Å²) >= 11 is 0. The number of fused-ring (bicyclic) bond motifs is 8. The van der Waals surface area contributed by atoms with E-state index in [9.17, 15) is 19.8 Å². The summed E-state index contributed by atoms with van der Waals surface area (Å²) in [4.78, 5) is 40.0. The number of aromatic amines is 2. The molecule has 2 aliphatic heterocycles. The van der Waals surface area contributed by atoms with Crippen molar-refractivity contribution in [2.45, 2.75) is 53.4 Å². The average molecular weight is 754 g/mol. The summed E-state index contributed by atoms with van der Waals surface area (Å²) in [5.41, 5.74) is 13.7. The summed E-state index contributed by atoms with van der Waals surface area (Å²) in [5, 5.41) is 18.9. The number of hydrogen-bond acceptors (Lipinski definition) is 4. The van der Waals surface area contributed by atoms with Gasteiger partial charge in [-0.2, -0.15) is 0 Å². The van der Waals surface area contributed by atoms with E-state index in [4.69, 9.17) is 9.97 Å². The van der Waals surface area contributed by atoms with Crippen molar-refractivity contribution in [2.24, 2.45) is 0 Å². The molecule has 8 nitrogen and oxygen atoms in total. The Kier molecular flexibility index (Phi) is 12.6. The number of rotatable bonds is 8. The molecular formula is C34H36Cl2N4O4Sn. The molecule has 0 fully saturated rings. The van der Waals surface area contributed by atoms with Crippen LogP contribution in [0.15, 0.2) is 43.5 Å². The van der Waals surface area contributed by atoms with Crippen LogP contribution in [0.25, 0.3) is 50.4 Å². The largest absolute Gasteiger partial charge is 0.481 e. The molecule has 3 aromatic rings. The van der Waals surface area contributed by atoms with E-state index in [-0.39, 0.29) is 61.6 Å². The minimum Gasteiger partial charge on any atom is -0.481 e. The van der Waals surface area contributed by atoms with Crippen LogP contribution in [-0.4, -0.2) is 66.0 Å². The van der Waals surface area contributed by atoms with Gasteiger partial charge in [0.25, 0.3) is 0 Å². The van der Waals surface area contributed by atoms with Crippen molar-refractivity contribution >= 4 is 111 Å². The van der Waals surface area contributed by atoms with E-state index in [1.54, 1.807) is 0 Å². The minimum atomic E-state index is -0.884. The number of H-pyrrole nitrogens is 2. The van der Waals surface area contributed by atoms with E-state index in [0.717, 1.165) is 83.7 Å². The number of aryl methyl sites for hydroxylation is 3. The summed E-state index contributed by atoms with van der Waals surface area (Å²) in [6.45, 7) is 16.0. The van der Waals surface area contributed by atoms with Crippen molar-refractivity contribution in [3.8, 4) is 0 Å². The van der Waals surface area contributed by atoms with Crippen LogP contribution in [0.5, 0.6) is 0 Å². The van der Waals surface area contributed by atoms with Gasteiger partial charge in [0.2, 0.25) is 0 Å². The van der Waals surface area contributed by atoms with Gasteiger partial charge in [0.15, 0.2) is 0 Å². The number of aromatic nitrogens is 4. The summed E-state index contributed by atoms with van der Waals surface area (Å²) in [5.74, 6) is -1.76. The third-order valence-electron chi connectivity index (χ3n) is 8.22. The molecule has 0 amide bonds. The van der Waals surface area contributed by atoms with Gasteiger partial charge in [-0.25, -0.2) is 9.97 Å². The molecular weight excluding hydrogens is 718 g/mol. The van der Waals surface area contributed by atoms with Crippen LogP contribution in [-0.2, 0) is 16.0 Å². The Morgan fingerprint density at radius 2 is 1.22 bits per heavy atom. The number of carbonyl (C=O) groups is 2. The molecule has 0 aliphatic carbocycles. The molecule has 8 bridgehead atoms. The summed E-state index contributed by atoms with van der Waals surface area (Å²) in [6.07, 6.45) is 4.22. The van der Waals surface area contributed by atoms with Crippen molar-refractivity contribution in [2.75, 3.05) is 0 Å². The third kappa shape index (κ3) is 7.29. The number of carboxylic acid groups (broad SMARTS) is 2. The maximum Gasteiger partial charge on any atom is 0.303 e. The molecule has 2 aliphatic rings. The second-order valence-corrected chi connectivity index (χ2v) is 10.7. The first-order valence-corrected chi connectivity index (χ1v) is 13.9. The number of allylic oxidation sites excluding steroid dienone is 5. The quantitative estimate of drug-likeness (QED) is 0.173.